The second-order valence-electron chi connectivity index (χ2n) is 4.30. The highest BCUT2D eigenvalue weighted by molar-refractivity contribution is 9.10. The molecule has 0 bridgehead atoms. The zero-order valence-electron chi connectivity index (χ0n) is 8.18. The van der Waals surface area contributed by atoms with Gasteiger partial charge in [0.05, 0.1) is 16.9 Å². The minimum absolute atomic E-state index is 0.431. The van der Waals surface area contributed by atoms with Gasteiger partial charge in [-0.25, -0.2) is 0 Å². The molecule has 1 fully saturated rings. The Hall–Kier alpha value is -0.700. The van der Waals surface area contributed by atoms with Crippen molar-refractivity contribution in [1.29, 1.82) is 0 Å². The molecule has 1 heterocycles. The Balaban J connectivity index is 2.07. The van der Waals surface area contributed by atoms with Gasteiger partial charge in [-0.05, 0) is 31.0 Å². The fourth-order valence-corrected chi connectivity index (χ4v) is 2.59. The topological polar surface area (TPSA) is 15.3 Å². The van der Waals surface area contributed by atoms with E-state index in [1.807, 2.05) is 0 Å². The van der Waals surface area contributed by atoms with E-state index in [-0.39, 0.29) is 0 Å². The number of halogens is 1. The average molecular weight is 253 g/mol. The molecule has 3 rings (SSSR count). The number of anilines is 2. The summed E-state index contributed by atoms with van der Waals surface area (Å²) < 4.78 is 1.14. The van der Waals surface area contributed by atoms with Gasteiger partial charge in [-0.3, -0.25) is 0 Å². The molecule has 0 saturated heterocycles. The molecule has 3 heteroatoms. The molecular weight excluding hydrogens is 240 g/mol. The van der Waals surface area contributed by atoms with Crippen molar-refractivity contribution in [1.82, 2.24) is 0 Å². The predicted octanol–water partition coefficient (Wildman–Crippen LogP) is 2.84. The van der Waals surface area contributed by atoms with Gasteiger partial charge >= 0.3 is 0 Å². The minimum atomic E-state index is 0.431. The van der Waals surface area contributed by atoms with E-state index in [4.69, 9.17) is 0 Å². The van der Waals surface area contributed by atoms with Crippen LogP contribution in [0.4, 0.5) is 11.4 Å². The SMILES string of the molecule is CN1c2ccc(Br)cc2NCC12CC2. The van der Waals surface area contributed by atoms with Gasteiger partial charge in [0.1, 0.15) is 0 Å². The number of hydrogen-bond donors (Lipinski definition) is 1. The fourth-order valence-electron chi connectivity index (χ4n) is 2.23. The average Bonchev–Trinajstić information content (AvgIpc) is 2.93. The zero-order chi connectivity index (χ0) is 9.76. The number of fused-ring (bicyclic) bond motifs is 1. The molecule has 1 N–H and O–H groups in total. The van der Waals surface area contributed by atoms with Crippen LogP contribution in [0.3, 0.4) is 0 Å². The molecule has 1 aromatic rings. The van der Waals surface area contributed by atoms with Crippen LogP contribution in [0.15, 0.2) is 22.7 Å². The number of nitrogens with one attached hydrogen (secondary N) is 1. The molecule has 74 valence electrons. The third-order valence-electron chi connectivity index (χ3n) is 3.47. The summed E-state index contributed by atoms with van der Waals surface area (Å²) in [5, 5.41) is 3.51. The Bertz CT molecular complexity index is 385. The van der Waals surface area contributed by atoms with Gasteiger partial charge in [-0.2, -0.15) is 0 Å². The number of nitrogens with zero attached hydrogens (tertiary/aromatic N) is 1. The lowest BCUT2D eigenvalue weighted by Crippen LogP contribution is -2.43. The summed E-state index contributed by atoms with van der Waals surface area (Å²) in [6.45, 7) is 1.09. The second kappa shape index (κ2) is 2.66. The van der Waals surface area contributed by atoms with Gasteiger partial charge < -0.3 is 10.2 Å². The minimum Gasteiger partial charge on any atom is -0.381 e. The van der Waals surface area contributed by atoms with Crippen LogP contribution in [-0.2, 0) is 0 Å². The molecule has 0 atom stereocenters. The van der Waals surface area contributed by atoms with Crippen LogP contribution in [0.2, 0.25) is 0 Å². The Morgan fingerprint density at radius 3 is 2.93 bits per heavy atom. The summed E-state index contributed by atoms with van der Waals surface area (Å²) in [6, 6.07) is 6.45. The van der Waals surface area contributed by atoms with Crippen LogP contribution in [0.1, 0.15) is 12.8 Å². The van der Waals surface area contributed by atoms with Crippen molar-refractivity contribution in [2.24, 2.45) is 0 Å². The maximum Gasteiger partial charge on any atom is 0.0605 e. The van der Waals surface area contributed by atoms with E-state index in [0.717, 1.165) is 11.0 Å². The summed E-state index contributed by atoms with van der Waals surface area (Å²) in [5.74, 6) is 0. The first-order valence-corrected chi connectivity index (χ1v) is 5.78. The standard InChI is InChI=1S/C11H13BrN2/c1-14-10-3-2-8(12)6-9(10)13-7-11(14)4-5-11/h2-3,6,13H,4-5,7H2,1H3. The predicted molar refractivity (Wildman–Crippen MR) is 63.0 cm³/mol. The summed E-state index contributed by atoms with van der Waals surface area (Å²) >= 11 is 3.50. The van der Waals surface area contributed by atoms with Gasteiger partial charge in [0.25, 0.3) is 0 Å². The first-order chi connectivity index (χ1) is 6.71. The van der Waals surface area contributed by atoms with Crippen molar-refractivity contribution in [2.75, 3.05) is 23.8 Å². The smallest absolute Gasteiger partial charge is 0.0605 e. The fraction of sp³-hybridized carbons (Fsp3) is 0.455. The number of rotatable bonds is 0. The maximum atomic E-state index is 3.51. The molecule has 2 aliphatic rings. The van der Waals surface area contributed by atoms with E-state index < -0.39 is 0 Å². The van der Waals surface area contributed by atoms with Crippen molar-refractivity contribution < 1.29 is 0 Å². The molecule has 0 unspecified atom stereocenters. The highest BCUT2D eigenvalue weighted by atomic mass is 79.9. The first kappa shape index (κ1) is 8.60. The monoisotopic (exact) mass is 252 g/mol. The number of likely N-dealkylation sites (N-methyl/N-ethyl adjacent to an activating group) is 1. The van der Waals surface area contributed by atoms with E-state index in [2.05, 4.69) is 51.4 Å². The summed E-state index contributed by atoms with van der Waals surface area (Å²) in [7, 11) is 2.21. The number of hydrogen-bond acceptors (Lipinski definition) is 2. The van der Waals surface area contributed by atoms with Crippen molar-refractivity contribution in [3.8, 4) is 0 Å². The largest absolute Gasteiger partial charge is 0.381 e. The highest BCUT2D eigenvalue weighted by Gasteiger charge is 2.48. The molecule has 0 radical (unpaired) electrons. The Morgan fingerprint density at radius 1 is 1.43 bits per heavy atom. The van der Waals surface area contributed by atoms with Crippen LogP contribution in [0.5, 0.6) is 0 Å². The molecule has 14 heavy (non-hydrogen) atoms. The lowest BCUT2D eigenvalue weighted by Gasteiger charge is -2.37. The molecule has 1 saturated carbocycles. The maximum absolute atomic E-state index is 3.51. The quantitative estimate of drug-likeness (QED) is 0.764. The van der Waals surface area contributed by atoms with Crippen LogP contribution >= 0.6 is 15.9 Å². The van der Waals surface area contributed by atoms with Crippen LogP contribution in [0.25, 0.3) is 0 Å². The van der Waals surface area contributed by atoms with E-state index in [1.165, 1.54) is 24.2 Å². The molecule has 1 aromatic carbocycles. The van der Waals surface area contributed by atoms with E-state index in [9.17, 15) is 0 Å². The van der Waals surface area contributed by atoms with Crippen molar-refractivity contribution in [2.45, 2.75) is 18.4 Å². The second-order valence-corrected chi connectivity index (χ2v) is 5.21. The third-order valence-corrected chi connectivity index (χ3v) is 3.96. The first-order valence-electron chi connectivity index (χ1n) is 4.99. The summed E-state index contributed by atoms with van der Waals surface area (Å²) in [6.07, 6.45) is 2.65. The van der Waals surface area contributed by atoms with Crippen LogP contribution < -0.4 is 10.2 Å². The Kier molecular flexibility index (Phi) is 1.63. The van der Waals surface area contributed by atoms with Gasteiger partial charge in [-0.1, -0.05) is 15.9 Å². The van der Waals surface area contributed by atoms with Gasteiger partial charge in [0.15, 0.2) is 0 Å². The van der Waals surface area contributed by atoms with E-state index in [0.29, 0.717) is 5.54 Å². The Morgan fingerprint density at radius 2 is 2.21 bits per heavy atom. The van der Waals surface area contributed by atoms with Crippen LogP contribution in [-0.4, -0.2) is 19.1 Å². The van der Waals surface area contributed by atoms with Crippen LogP contribution in [0, 0.1) is 0 Å². The van der Waals surface area contributed by atoms with Crippen molar-refractivity contribution in [3.63, 3.8) is 0 Å². The molecule has 0 amide bonds. The number of benzene rings is 1. The molecule has 1 aliphatic heterocycles. The lowest BCUT2D eigenvalue weighted by molar-refractivity contribution is 0.640. The van der Waals surface area contributed by atoms with E-state index >= 15 is 0 Å². The molecule has 2 nitrogen and oxygen atoms in total. The molecule has 1 aliphatic carbocycles. The summed E-state index contributed by atoms with van der Waals surface area (Å²) in [5.41, 5.74) is 3.01. The normalized spacial score (nSPS) is 21.7. The summed E-state index contributed by atoms with van der Waals surface area (Å²) in [4.78, 5) is 2.44. The third kappa shape index (κ3) is 1.08. The zero-order valence-corrected chi connectivity index (χ0v) is 9.76. The van der Waals surface area contributed by atoms with Gasteiger partial charge in [0, 0.05) is 18.1 Å². The van der Waals surface area contributed by atoms with Gasteiger partial charge in [0.2, 0.25) is 0 Å². The van der Waals surface area contributed by atoms with Crippen molar-refractivity contribution in [3.05, 3.63) is 22.7 Å². The molecule has 0 aromatic heterocycles. The molecule has 1 spiro atoms. The highest BCUT2D eigenvalue weighted by Crippen LogP contribution is 2.48. The van der Waals surface area contributed by atoms with E-state index in [1.54, 1.807) is 0 Å². The van der Waals surface area contributed by atoms with Gasteiger partial charge in [-0.15, -0.1) is 0 Å². The van der Waals surface area contributed by atoms with Crippen molar-refractivity contribution >= 4 is 27.3 Å². The molecular formula is C11H13BrN2. The Labute approximate surface area is 92.4 Å². The lowest BCUT2D eigenvalue weighted by atomic mass is 10.1.